The highest BCUT2D eigenvalue weighted by molar-refractivity contribution is 5.97. The maximum absolute atomic E-state index is 12.6. The maximum Gasteiger partial charge on any atom is 0.263 e. The molecule has 4 rings (SSSR count). The van der Waals surface area contributed by atoms with Crippen molar-refractivity contribution in [2.24, 2.45) is 0 Å². The lowest BCUT2D eigenvalue weighted by Crippen LogP contribution is -2.26. The summed E-state index contributed by atoms with van der Waals surface area (Å²) in [5, 5.41) is 9.39. The van der Waals surface area contributed by atoms with Crippen LogP contribution in [-0.2, 0) is 13.3 Å². The standard InChI is InChI=1S/C18H12N2O5/c21-9-20-17(24)13-6-11-12(7-14(13)18(20)25)16(23)19(15(11)22)8-10-4-2-1-3-5-10/h1-7,21H,8-9H2. The predicted octanol–water partition coefficient (Wildman–Crippen LogP) is -0.0895. The summed E-state index contributed by atoms with van der Waals surface area (Å²) in [6.07, 6.45) is 0. The molecule has 0 aliphatic rings. The van der Waals surface area contributed by atoms with Gasteiger partial charge in [0, 0.05) is 0 Å². The Hall–Kier alpha value is -3.32. The van der Waals surface area contributed by atoms with E-state index in [1.165, 1.54) is 12.1 Å². The van der Waals surface area contributed by atoms with Crippen LogP contribution in [0.25, 0.3) is 21.5 Å². The van der Waals surface area contributed by atoms with Crippen LogP contribution in [-0.4, -0.2) is 14.2 Å². The summed E-state index contributed by atoms with van der Waals surface area (Å²) < 4.78 is 1.75. The zero-order chi connectivity index (χ0) is 17.7. The molecular formula is C18H12N2O5. The maximum atomic E-state index is 12.6. The van der Waals surface area contributed by atoms with E-state index < -0.39 is 29.0 Å². The normalized spacial score (nSPS) is 11.6. The van der Waals surface area contributed by atoms with E-state index in [1.54, 1.807) is 12.1 Å². The fraction of sp³-hybridized carbons (Fsp3) is 0.111. The molecule has 0 saturated carbocycles. The van der Waals surface area contributed by atoms with Crippen molar-refractivity contribution < 1.29 is 5.11 Å². The topological polar surface area (TPSA) is 98.4 Å². The highest BCUT2D eigenvalue weighted by Crippen LogP contribution is 2.14. The van der Waals surface area contributed by atoms with Crippen molar-refractivity contribution in [2.45, 2.75) is 13.3 Å². The number of nitrogens with zero attached hydrogens (tertiary/aromatic N) is 2. The molecular weight excluding hydrogens is 324 g/mol. The van der Waals surface area contributed by atoms with Gasteiger partial charge in [-0.2, -0.15) is 0 Å². The summed E-state index contributed by atoms with van der Waals surface area (Å²) in [4.78, 5) is 49.5. The van der Waals surface area contributed by atoms with E-state index in [4.69, 9.17) is 5.11 Å². The van der Waals surface area contributed by atoms with E-state index in [0.29, 0.717) is 4.57 Å². The average molecular weight is 336 g/mol. The van der Waals surface area contributed by atoms with Crippen LogP contribution in [0.1, 0.15) is 5.56 Å². The summed E-state index contributed by atoms with van der Waals surface area (Å²) >= 11 is 0. The van der Waals surface area contributed by atoms with Crippen LogP contribution in [0, 0.1) is 0 Å². The van der Waals surface area contributed by atoms with Gasteiger partial charge in [0.25, 0.3) is 22.2 Å². The summed E-state index contributed by atoms with van der Waals surface area (Å²) in [6.45, 7) is -0.637. The number of hydrogen-bond donors (Lipinski definition) is 1. The van der Waals surface area contributed by atoms with Gasteiger partial charge in [0.15, 0.2) is 0 Å². The molecule has 0 spiro atoms. The van der Waals surface area contributed by atoms with E-state index in [1.807, 2.05) is 18.2 Å². The Morgan fingerprint density at radius 3 is 1.56 bits per heavy atom. The number of hydrogen-bond acceptors (Lipinski definition) is 5. The Morgan fingerprint density at radius 1 is 0.680 bits per heavy atom. The minimum absolute atomic E-state index is 0.0283. The van der Waals surface area contributed by atoms with Gasteiger partial charge in [-0.15, -0.1) is 0 Å². The molecule has 7 nitrogen and oxygen atoms in total. The monoisotopic (exact) mass is 336 g/mol. The predicted molar refractivity (Wildman–Crippen MR) is 92.6 cm³/mol. The van der Waals surface area contributed by atoms with Crippen molar-refractivity contribution in [1.29, 1.82) is 0 Å². The highest BCUT2D eigenvalue weighted by Gasteiger charge is 2.19. The van der Waals surface area contributed by atoms with Crippen LogP contribution >= 0.6 is 0 Å². The summed E-state index contributed by atoms with van der Waals surface area (Å²) in [6, 6.07) is 11.6. The van der Waals surface area contributed by atoms with Gasteiger partial charge in [0.2, 0.25) is 0 Å². The molecule has 0 aliphatic heterocycles. The molecule has 0 bridgehead atoms. The van der Waals surface area contributed by atoms with Crippen LogP contribution in [0.15, 0.2) is 61.6 Å². The molecule has 1 N–H and O–H groups in total. The number of aromatic nitrogens is 2. The first-order valence-electron chi connectivity index (χ1n) is 7.58. The van der Waals surface area contributed by atoms with Crippen LogP contribution in [0.5, 0.6) is 0 Å². The molecule has 0 atom stereocenters. The largest absolute Gasteiger partial charge is 0.376 e. The van der Waals surface area contributed by atoms with Crippen LogP contribution in [0.2, 0.25) is 0 Å². The lowest BCUT2D eigenvalue weighted by Gasteiger charge is -1.99. The van der Waals surface area contributed by atoms with Gasteiger partial charge in [-0.25, -0.2) is 0 Å². The molecule has 7 heteroatoms. The van der Waals surface area contributed by atoms with Crippen molar-refractivity contribution in [3.63, 3.8) is 0 Å². The second-order valence-electron chi connectivity index (χ2n) is 5.81. The van der Waals surface area contributed by atoms with E-state index in [9.17, 15) is 19.2 Å². The van der Waals surface area contributed by atoms with Gasteiger partial charge in [0.05, 0.1) is 28.1 Å². The first kappa shape index (κ1) is 15.2. The first-order chi connectivity index (χ1) is 12.0. The Kier molecular flexibility index (Phi) is 3.26. The third kappa shape index (κ3) is 2.10. The minimum atomic E-state index is -0.751. The Balaban J connectivity index is 2.03. The quantitative estimate of drug-likeness (QED) is 0.564. The fourth-order valence-electron chi connectivity index (χ4n) is 3.11. The van der Waals surface area contributed by atoms with Crippen molar-refractivity contribution in [1.82, 2.24) is 9.13 Å². The average Bonchev–Trinajstić information content (AvgIpc) is 3.00. The van der Waals surface area contributed by atoms with Crippen molar-refractivity contribution in [3.8, 4) is 0 Å². The van der Waals surface area contributed by atoms with E-state index in [-0.39, 0.29) is 28.1 Å². The van der Waals surface area contributed by atoms with Crippen LogP contribution in [0.3, 0.4) is 0 Å². The summed E-state index contributed by atoms with van der Waals surface area (Å²) in [7, 11) is 0. The highest BCUT2D eigenvalue weighted by atomic mass is 16.3. The molecule has 0 radical (unpaired) electrons. The second kappa shape index (κ2) is 5.35. The zero-order valence-corrected chi connectivity index (χ0v) is 12.9. The van der Waals surface area contributed by atoms with E-state index in [0.717, 1.165) is 10.1 Å². The lowest BCUT2D eigenvalue weighted by molar-refractivity contribution is 0.204. The van der Waals surface area contributed by atoms with Gasteiger partial charge < -0.3 is 5.11 Å². The lowest BCUT2D eigenvalue weighted by atomic mass is 10.1. The Morgan fingerprint density at radius 2 is 1.12 bits per heavy atom. The third-order valence-electron chi connectivity index (χ3n) is 4.38. The van der Waals surface area contributed by atoms with Gasteiger partial charge in [-0.3, -0.25) is 28.3 Å². The number of aliphatic hydroxyl groups excluding tert-OH is 1. The Labute approximate surface area is 139 Å². The smallest absolute Gasteiger partial charge is 0.263 e. The molecule has 0 fully saturated rings. The zero-order valence-electron chi connectivity index (χ0n) is 12.9. The molecule has 2 heterocycles. The van der Waals surface area contributed by atoms with Gasteiger partial charge in [0.1, 0.15) is 6.73 Å². The van der Waals surface area contributed by atoms with E-state index >= 15 is 0 Å². The fourth-order valence-corrected chi connectivity index (χ4v) is 3.11. The SMILES string of the molecule is O=c1c2cc3c(=O)n(Cc4ccccc4)c(=O)c3cc2c(=O)n1CO. The molecule has 124 valence electrons. The van der Waals surface area contributed by atoms with Gasteiger partial charge >= 0.3 is 0 Å². The van der Waals surface area contributed by atoms with Crippen LogP contribution in [0.4, 0.5) is 0 Å². The molecule has 0 unspecified atom stereocenters. The molecule has 0 saturated heterocycles. The van der Waals surface area contributed by atoms with Gasteiger partial charge in [-0.1, -0.05) is 30.3 Å². The third-order valence-corrected chi connectivity index (χ3v) is 4.38. The molecule has 25 heavy (non-hydrogen) atoms. The number of benzene rings is 2. The Bertz CT molecular complexity index is 1240. The molecule has 4 aromatic rings. The number of aliphatic hydroxyl groups is 1. The molecule has 2 aromatic carbocycles. The van der Waals surface area contributed by atoms with Crippen molar-refractivity contribution in [2.75, 3.05) is 0 Å². The molecule has 2 aromatic heterocycles. The summed E-state index contributed by atoms with van der Waals surface area (Å²) in [5.41, 5.74) is -1.56. The molecule has 0 amide bonds. The van der Waals surface area contributed by atoms with Gasteiger partial charge in [-0.05, 0) is 17.7 Å². The van der Waals surface area contributed by atoms with E-state index in [2.05, 4.69) is 0 Å². The van der Waals surface area contributed by atoms with Crippen molar-refractivity contribution in [3.05, 3.63) is 89.4 Å². The first-order valence-corrected chi connectivity index (χ1v) is 7.58. The summed E-state index contributed by atoms with van der Waals surface area (Å²) in [5.74, 6) is 0. The van der Waals surface area contributed by atoms with Crippen molar-refractivity contribution >= 4 is 21.5 Å². The van der Waals surface area contributed by atoms with Crippen LogP contribution < -0.4 is 22.2 Å². The molecule has 0 aliphatic carbocycles. The number of fused-ring (bicyclic) bond motifs is 2. The number of rotatable bonds is 3. The minimum Gasteiger partial charge on any atom is -0.376 e. The second-order valence-corrected chi connectivity index (χ2v) is 5.81.